The minimum absolute atomic E-state index is 0. The Kier molecular flexibility index (Phi) is 23.1. The van der Waals surface area contributed by atoms with Crippen molar-refractivity contribution in [3.8, 4) is 0 Å². The third-order valence-corrected chi connectivity index (χ3v) is 1.21. The first kappa shape index (κ1) is 20.7. The molecular weight excluding hydrogens is 318 g/mol. The van der Waals surface area contributed by atoms with Gasteiger partial charge in [0.05, 0.1) is 0 Å². The van der Waals surface area contributed by atoms with E-state index < -0.39 is 0 Å². The quantitative estimate of drug-likeness (QED) is 0.456. The number of thiocarbonyl (C=S) groups is 2. The van der Waals surface area contributed by atoms with Crippen molar-refractivity contribution in [3.63, 3.8) is 0 Å². The largest absolute Gasteiger partial charge is 2.00 e. The van der Waals surface area contributed by atoms with Crippen LogP contribution in [0.1, 0.15) is 13.8 Å². The second-order valence-corrected chi connectivity index (χ2v) is 4.01. The van der Waals surface area contributed by atoms with E-state index in [4.69, 9.17) is 0 Å². The molecule has 0 spiro atoms. The van der Waals surface area contributed by atoms with E-state index in [9.17, 15) is 0 Å². The van der Waals surface area contributed by atoms with E-state index in [1.54, 1.807) is 12.4 Å². The van der Waals surface area contributed by atoms with Gasteiger partial charge in [0.25, 0.3) is 0 Å². The second-order valence-electron chi connectivity index (χ2n) is 1.86. The van der Waals surface area contributed by atoms with E-state index in [1.807, 2.05) is 26.0 Å². The summed E-state index contributed by atoms with van der Waals surface area (Å²) in [6.07, 6.45) is 7.07. The SMILES string of the molecule is CC=CNC(=S)[S-].CC=CNC(=S)[S-].[Zn+2]. The summed E-state index contributed by atoms with van der Waals surface area (Å²) in [7, 11) is 0. The molecule has 7 heteroatoms. The Hall–Kier alpha value is 0.323. The maximum Gasteiger partial charge on any atom is 2.00 e. The fourth-order valence-electron chi connectivity index (χ4n) is 0.303. The summed E-state index contributed by atoms with van der Waals surface area (Å²) in [4.78, 5) is 0. The van der Waals surface area contributed by atoms with Crippen molar-refractivity contribution in [2.75, 3.05) is 0 Å². The van der Waals surface area contributed by atoms with Gasteiger partial charge in [-0.05, 0) is 26.2 Å². The number of rotatable bonds is 2. The van der Waals surface area contributed by atoms with Crippen LogP contribution in [0.5, 0.6) is 0 Å². The predicted octanol–water partition coefficient (Wildman–Crippen LogP) is 1.88. The molecule has 80 valence electrons. The molecule has 0 aliphatic rings. The van der Waals surface area contributed by atoms with E-state index in [0.29, 0.717) is 8.64 Å². The van der Waals surface area contributed by atoms with Gasteiger partial charge < -0.3 is 60.3 Å². The van der Waals surface area contributed by atoms with Crippen molar-refractivity contribution in [1.82, 2.24) is 10.6 Å². The Morgan fingerprint density at radius 3 is 1.27 bits per heavy atom. The van der Waals surface area contributed by atoms with Gasteiger partial charge >= 0.3 is 19.5 Å². The minimum Gasteiger partial charge on any atom is -0.411 e. The molecule has 0 rings (SSSR count). The molecule has 0 amide bonds. The first-order valence-electron chi connectivity index (χ1n) is 3.72. The third-order valence-electron chi connectivity index (χ3n) is 0.736. The number of nitrogens with one attached hydrogen (secondary N) is 2. The molecule has 2 N–H and O–H groups in total. The topological polar surface area (TPSA) is 24.1 Å². The molecule has 0 unspecified atom stereocenters. The molecule has 0 saturated carbocycles. The third kappa shape index (κ3) is 31.4. The summed E-state index contributed by atoms with van der Waals surface area (Å²) in [5, 5.41) is 5.32. The Bertz CT molecular complexity index is 205. The zero-order valence-electron chi connectivity index (χ0n) is 8.65. The molecule has 0 aliphatic heterocycles. The molecule has 0 heterocycles. The normalized spacial score (nSPS) is 8.67. The van der Waals surface area contributed by atoms with Crippen LogP contribution in [-0.4, -0.2) is 8.64 Å². The summed E-state index contributed by atoms with van der Waals surface area (Å²) in [6, 6.07) is 0. The molecule has 0 atom stereocenters. The molecule has 0 radical (unpaired) electrons. The Labute approximate surface area is 126 Å². The molecule has 15 heavy (non-hydrogen) atoms. The molecule has 0 aliphatic carbocycles. The van der Waals surface area contributed by atoms with Crippen molar-refractivity contribution in [3.05, 3.63) is 24.6 Å². The van der Waals surface area contributed by atoms with Crippen molar-refractivity contribution in [1.29, 1.82) is 0 Å². The van der Waals surface area contributed by atoms with Crippen LogP contribution >= 0.6 is 24.4 Å². The predicted molar refractivity (Wildman–Crippen MR) is 75.8 cm³/mol. The van der Waals surface area contributed by atoms with E-state index in [-0.39, 0.29) is 19.5 Å². The first-order chi connectivity index (χ1) is 6.54. The van der Waals surface area contributed by atoms with Crippen molar-refractivity contribution < 1.29 is 19.5 Å². The van der Waals surface area contributed by atoms with E-state index in [1.165, 1.54) is 0 Å². The maximum atomic E-state index is 4.51. The number of hydrogen-bond acceptors (Lipinski definition) is 4. The molecule has 0 aromatic heterocycles. The summed E-state index contributed by atoms with van der Waals surface area (Å²) in [6.45, 7) is 3.78. The van der Waals surface area contributed by atoms with Gasteiger partial charge in [-0.15, -0.1) is 0 Å². The second kappa shape index (κ2) is 16.7. The van der Waals surface area contributed by atoms with Gasteiger partial charge in [0.1, 0.15) is 0 Å². The first-order valence-corrected chi connectivity index (χ1v) is 5.35. The average Bonchev–Trinajstić information content (AvgIpc) is 2.12. The Balaban J connectivity index is -0.000000180. The van der Waals surface area contributed by atoms with Crippen LogP contribution in [0.4, 0.5) is 0 Å². The smallest absolute Gasteiger partial charge is 0.411 e. The molecule has 0 aromatic rings. The molecule has 0 bridgehead atoms. The van der Waals surface area contributed by atoms with E-state index >= 15 is 0 Å². The minimum atomic E-state index is 0. The van der Waals surface area contributed by atoms with Crippen LogP contribution in [0, 0.1) is 0 Å². The summed E-state index contributed by atoms with van der Waals surface area (Å²) >= 11 is 18.1. The van der Waals surface area contributed by atoms with Gasteiger partial charge in [-0.1, -0.05) is 20.8 Å². The van der Waals surface area contributed by atoms with Gasteiger partial charge in [0, 0.05) is 0 Å². The molecule has 0 aromatic carbocycles. The maximum absolute atomic E-state index is 4.51. The fourth-order valence-corrected chi connectivity index (χ4v) is 0.575. The van der Waals surface area contributed by atoms with Crippen LogP contribution in [-0.2, 0) is 44.7 Å². The van der Waals surface area contributed by atoms with Crippen LogP contribution in [0.2, 0.25) is 0 Å². The summed E-state index contributed by atoms with van der Waals surface area (Å²) in [5.74, 6) is 0. The Morgan fingerprint density at radius 2 is 1.20 bits per heavy atom. The van der Waals surface area contributed by atoms with Crippen LogP contribution in [0.3, 0.4) is 0 Å². The standard InChI is InChI=1S/2C4H7NS2.Zn/c2*1-2-3-5-4(6)7;/h2*2-3H,1H3,(H2,5,6,7);/q;;+2/p-2. The zero-order chi connectivity index (χ0) is 11.4. The van der Waals surface area contributed by atoms with Crippen LogP contribution < -0.4 is 10.6 Å². The van der Waals surface area contributed by atoms with Gasteiger partial charge in [-0.25, -0.2) is 0 Å². The van der Waals surface area contributed by atoms with Gasteiger partial charge in [0.2, 0.25) is 0 Å². The summed E-state index contributed by atoms with van der Waals surface area (Å²) in [5.41, 5.74) is 0. The molecular formula is C8H12N2S4Zn. The van der Waals surface area contributed by atoms with Gasteiger partial charge in [-0.3, -0.25) is 0 Å². The van der Waals surface area contributed by atoms with Crippen molar-refractivity contribution in [2.24, 2.45) is 0 Å². The van der Waals surface area contributed by atoms with E-state index in [2.05, 4.69) is 60.3 Å². The van der Waals surface area contributed by atoms with Crippen LogP contribution in [0.25, 0.3) is 0 Å². The Morgan fingerprint density at radius 1 is 0.933 bits per heavy atom. The number of allylic oxidation sites excluding steroid dienone is 2. The van der Waals surface area contributed by atoms with Gasteiger partial charge in [-0.2, -0.15) is 0 Å². The van der Waals surface area contributed by atoms with Crippen LogP contribution in [0.15, 0.2) is 24.6 Å². The number of hydrogen-bond donors (Lipinski definition) is 2. The van der Waals surface area contributed by atoms with Gasteiger partial charge in [0.15, 0.2) is 0 Å². The monoisotopic (exact) mass is 328 g/mol. The molecule has 0 saturated heterocycles. The zero-order valence-corrected chi connectivity index (χ0v) is 14.9. The van der Waals surface area contributed by atoms with Crippen molar-refractivity contribution >= 4 is 58.3 Å². The fraction of sp³-hybridized carbons (Fsp3) is 0.250. The average molecular weight is 330 g/mol. The summed E-state index contributed by atoms with van der Waals surface area (Å²) < 4.78 is 0.774. The van der Waals surface area contributed by atoms with E-state index in [0.717, 1.165) is 0 Å². The van der Waals surface area contributed by atoms with Crippen molar-refractivity contribution in [2.45, 2.75) is 13.8 Å². The molecule has 2 nitrogen and oxygen atoms in total. The molecule has 0 fully saturated rings.